The summed E-state index contributed by atoms with van der Waals surface area (Å²) in [5.74, 6) is -2.09. The molecule has 14 heavy (non-hydrogen) atoms. The second kappa shape index (κ2) is 6.95. The third-order valence-electron chi connectivity index (χ3n) is 0.660. The van der Waals surface area contributed by atoms with E-state index in [4.69, 9.17) is 46.4 Å². The molecule has 0 saturated heterocycles. The first-order valence-electron chi connectivity index (χ1n) is 2.89. The lowest BCUT2D eigenvalue weighted by Gasteiger charge is -1.96. The highest BCUT2D eigenvalue weighted by Crippen LogP contribution is 2.07. The molecule has 0 aliphatic rings. The van der Waals surface area contributed by atoms with Gasteiger partial charge in [-0.05, 0) is 0 Å². The van der Waals surface area contributed by atoms with Crippen molar-refractivity contribution in [2.24, 2.45) is 0 Å². The van der Waals surface area contributed by atoms with Crippen molar-refractivity contribution >= 4 is 58.3 Å². The smallest absolute Gasteiger partial charge is 0.242 e. The molecule has 0 bridgehead atoms. The summed E-state index contributed by atoms with van der Waals surface area (Å²) in [7, 11) is 0. The Balaban J connectivity index is 3.96. The van der Waals surface area contributed by atoms with Crippen molar-refractivity contribution in [2.45, 2.75) is 0 Å². The van der Waals surface area contributed by atoms with Gasteiger partial charge >= 0.3 is 11.9 Å². The Hall–Kier alpha value is -0.420. The second-order valence-electron chi connectivity index (χ2n) is 1.67. The molecule has 0 aromatic heterocycles. The number of hydrogen-bond acceptors (Lipinski definition) is 4. The summed E-state index contributed by atoms with van der Waals surface area (Å²) >= 11 is 20.4. The van der Waals surface area contributed by atoms with Crippen molar-refractivity contribution in [3.63, 3.8) is 0 Å². The predicted molar refractivity (Wildman–Crippen MR) is 51.8 cm³/mol. The summed E-state index contributed by atoms with van der Waals surface area (Å²) < 4.78 is -0.672. The molecule has 0 unspecified atom stereocenters. The van der Waals surface area contributed by atoms with Crippen molar-refractivity contribution in [1.29, 1.82) is 0 Å². The fraction of sp³-hybridized carbons (Fsp3) is 0. The van der Waals surface area contributed by atoms with E-state index in [1.807, 2.05) is 0 Å². The zero-order valence-electron chi connectivity index (χ0n) is 6.30. The maximum Gasteiger partial charge on any atom is 0.381 e. The van der Waals surface area contributed by atoms with E-state index in [1.165, 1.54) is 0 Å². The molecule has 0 fully saturated rings. The molecule has 0 spiro atoms. The lowest BCUT2D eigenvalue weighted by Crippen LogP contribution is -2.07. The van der Waals surface area contributed by atoms with Gasteiger partial charge in [0, 0.05) is 0 Å². The van der Waals surface area contributed by atoms with Crippen LogP contribution in [0, 0.1) is 0 Å². The van der Waals surface area contributed by atoms with E-state index in [9.17, 15) is 9.59 Å². The molecular weight excluding hydrogens is 278 g/mol. The van der Waals surface area contributed by atoms with E-state index in [2.05, 4.69) is 9.78 Å². The fourth-order valence-corrected chi connectivity index (χ4v) is 0.665. The third-order valence-corrected chi connectivity index (χ3v) is 1.10. The van der Waals surface area contributed by atoms with Crippen molar-refractivity contribution in [3.05, 3.63) is 21.1 Å². The highest BCUT2D eigenvalue weighted by molar-refractivity contribution is 6.57. The molecule has 0 atom stereocenters. The van der Waals surface area contributed by atoms with E-state index < -0.39 is 11.9 Å². The molecule has 78 valence electrons. The van der Waals surface area contributed by atoms with Gasteiger partial charge in [0.1, 0.15) is 8.98 Å². The zero-order chi connectivity index (χ0) is 11.1. The van der Waals surface area contributed by atoms with Crippen LogP contribution in [0.25, 0.3) is 0 Å². The van der Waals surface area contributed by atoms with Gasteiger partial charge in [-0.1, -0.05) is 46.4 Å². The first-order valence-corrected chi connectivity index (χ1v) is 4.41. The van der Waals surface area contributed by atoms with E-state index in [0.717, 1.165) is 0 Å². The number of rotatable bonds is 2. The summed E-state index contributed by atoms with van der Waals surface area (Å²) in [6.07, 6.45) is 1.39. The van der Waals surface area contributed by atoms with Gasteiger partial charge in [0.2, 0.25) is 0 Å². The van der Waals surface area contributed by atoms with Gasteiger partial charge in [-0.25, -0.2) is 19.4 Å². The SMILES string of the molecule is O=C(C=C(Cl)Cl)OOC(=O)C=C(Cl)Cl. The number of halogens is 4. The minimum Gasteiger partial charge on any atom is -0.242 e. The zero-order valence-corrected chi connectivity index (χ0v) is 9.32. The molecule has 0 saturated carbocycles. The molecule has 0 heterocycles. The van der Waals surface area contributed by atoms with Crippen LogP contribution in [-0.2, 0) is 19.4 Å². The Kier molecular flexibility index (Phi) is 6.74. The van der Waals surface area contributed by atoms with Crippen LogP contribution in [0.5, 0.6) is 0 Å². The summed E-state index contributed by atoms with van der Waals surface area (Å²) in [5, 5.41) is 0. The minimum atomic E-state index is -1.04. The van der Waals surface area contributed by atoms with Gasteiger partial charge < -0.3 is 0 Å². The summed E-state index contributed by atoms with van der Waals surface area (Å²) in [6, 6.07) is 0. The third kappa shape index (κ3) is 8.19. The van der Waals surface area contributed by atoms with Gasteiger partial charge in [-0.15, -0.1) is 0 Å². The first kappa shape index (κ1) is 13.6. The highest BCUT2D eigenvalue weighted by atomic mass is 35.5. The lowest BCUT2D eigenvalue weighted by molar-refractivity contribution is -0.250. The Morgan fingerprint density at radius 1 is 0.786 bits per heavy atom. The quantitative estimate of drug-likeness (QED) is 0.443. The molecule has 0 aromatic carbocycles. The van der Waals surface area contributed by atoms with Crippen LogP contribution in [0.4, 0.5) is 0 Å². The summed E-state index contributed by atoms with van der Waals surface area (Å²) in [4.78, 5) is 29.1. The topological polar surface area (TPSA) is 52.6 Å². The van der Waals surface area contributed by atoms with Crippen LogP contribution in [0.1, 0.15) is 0 Å². The van der Waals surface area contributed by atoms with E-state index in [1.54, 1.807) is 0 Å². The number of hydrogen-bond donors (Lipinski definition) is 0. The fourth-order valence-electron chi connectivity index (χ4n) is 0.308. The average Bonchev–Trinajstić information content (AvgIpc) is 1.98. The predicted octanol–water partition coefficient (Wildman–Crippen LogP) is 2.63. The van der Waals surface area contributed by atoms with Crippen molar-refractivity contribution in [1.82, 2.24) is 0 Å². The summed E-state index contributed by atoms with van der Waals surface area (Å²) in [6.45, 7) is 0. The van der Waals surface area contributed by atoms with Crippen LogP contribution in [-0.4, -0.2) is 11.9 Å². The largest absolute Gasteiger partial charge is 0.381 e. The molecule has 0 aliphatic carbocycles. The van der Waals surface area contributed by atoms with Gasteiger partial charge in [0.05, 0.1) is 12.2 Å². The lowest BCUT2D eigenvalue weighted by atomic mass is 10.7. The highest BCUT2D eigenvalue weighted by Gasteiger charge is 2.06. The Bertz CT molecular complexity index is 258. The van der Waals surface area contributed by atoms with Gasteiger partial charge in [0.25, 0.3) is 0 Å². The van der Waals surface area contributed by atoms with Crippen molar-refractivity contribution in [3.8, 4) is 0 Å². The molecule has 0 amide bonds. The van der Waals surface area contributed by atoms with Crippen molar-refractivity contribution in [2.75, 3.05) is 0 Å². The molecule has 0 aromatic rings. The molecule has 8 heteroatoms. The standard InChI is InChI=1S/C6H2Cl4O4/c7-3(8)1-5(11)13-14-6(12)2-4(9)10/h1-2H. The maximum atomic E-state index is 10.6. The van der Waals surface area contributed by atoms with E-state index >= 15 is 0 Å². The molecule has 0 radical (unpaired) electrons. The van der Waals surface area contributed by atoms with Crippen molar-refractivity contribution < 1.29 is 19.4 Å². The van der Waals surface area contributed by atoms with Gasteiger partial charge in [-0.2, -0.15) is 0 Å². The first-order chi connectivity index (χ1) is 6.41. The Morgan fingerprint density at radius 2 is 1.07 bits per heavy atom. The Labute approximate surface area is 98.9 Å². The average molecular weight is 280 g/mol. The maximum absolute atomic E-state index is 10.6. The number of carbonyl (C=O) groups excluding carboxylic acids is 2. The molecule has 0 N–H and O–H groups in total. The normalized spacial score (nSPS) is 8.57. The van der Waals surface area contributed by atoms with Crippen LogP contribution >= 0.6 is 46.4 Å². The Morgan fingerprint density at radius 3 is 1.29 bits per heavy atom. The summed E-state index contributed by atoms with van der Waals surface area (Å²) in [5.41, 5.74) is 0. The minimum absolute atomic E-state index is 0.336. The van der Waals surface area contributed by atoms with E-state index in [-0.39, 0.29) is 8.98 Å². The molecule has 0 aliphatic heterocycles. The van der Waals surface area contributed by atoms with Gasteiger partial charge in [0.15, 0.2) is 0 Å². The molecule has 4 nitrogen and oxygen atoms in total. The van der Waals surface area contributed by atoms with Gasteiger partial charge in [-0.3, -0.25) is 0 Å². The second-order valence-corrected chi connectivity index (χ2v) is 3.69. The molecular formula is C6H2Cl4O4. The van der Waals surface area contributed by atoms with Crippen LogP contribution < -0.4 is 0 Å². The molecule has 0 rings (SSSR count). The van der Waals surface area contributed by atoms with Crippen LogP contribution in [0.3, 0.4) is 0 Å². The monoisotopic (exact) mass is 278 g/mol. The van der Waals surface area contributed by atoms with E-state index in [0.29, 0.717) is 12.2 Å². The van der Waals surface area contributed by atoms with Crippen LogP contribution in [0.2, 0.25) is 0 Å². The van der Waals surface area contributed by atoms with Crippen LogP contribution in [0.15, 0.2) is 21.1 Å². The number of carbonyl (C=O) groups is 2.